The molecule has 0 atom stereocenters. The number of phenolic OH excluding ortho intramolecular Hbond substituents is 1. The first kappa shape index (κ1) is 19.8. The lowest BCUT2D eigenvalue weighted by Gasteiger charge is -2.36. The van der Waals surface area contributed by atoms with Crippen LogP contribution < -0.4 is 4.90 Å². The minimum absolute atomic E-state index is 0.119. The molecule has 9 heteroatoms. The van der Waals surface area contributed by atoms with Crippen molar-refractivity contribution in [1.29, 1.82) is 0 Å². The summed E-state index contributed by atoms with van der Waals surface area (Å²) in [4.78, 5) is 17.9. The smallest absolute Gasteiger partial charge is 0.233 e. The van der Waals surface area contributed by atoms with Crippen molar-refractivity contribution in [2.75, 3.05) is 36.8 Å². The van der Waals surface area contributed by atoms with E-state index in [0.29, 0.717) is 18.8 Å². The van der Waals surface area contributed by atoms with E-state index in [1.165, 1.54) is 11.8 Å². The first-order valence-electron chi connectivity index (χ1n) is 9.57. The van der Waals surface area contributed by atoms with Crippen LogP contribution in [0, 0.1) is 0 Å². The van der Waals surface area contributed by atoms with E-state index in [4.69, 9.17) is 0 Å². The number of carbonyl (C=O) groups excluding carboxylic acids is 1. The Balaban J connectivity index is 1.33. The lowest BCUT2D eigenvalue weighted by Crippen LogP contribution is -2.49. The van der Waals surface area contributed by atoms with Crippen LogP contribution in [0.2, 0.25) is 0 Å². The third-order valence-electron chi connectivity index (χ3n) is 4.93. The van der Waals surface area contributed by atoms with Crippen LogP contribution in [0.4, 0.5) is 5.69 Å². The van der Waals surface area contributed by atoms with Gasteiger partial charge in [0.05, 0.1) is 10.6 Å². The van der Waals surface area contributed by atoms with Crippen molar-refractivity contribution in [3.8, 4) is 16.5 Å². The maximum Gasteiger partial charge on any atom is 0.233 e. The summed E-state index contributed by atoms with van der Waals surface area (Å²) in [6.45, 7) is 5.69. The molecule has 0 aliphatic carbocycles. The van der Waals surface area contributed by atoms with Crippen LogP contribution in [0.3, 0.4) is 0 Å². The van der Waals surface area contributed by atoms with Gasteiger partial charge in [0.25, 0.3) is 0 Å². The Bertz CT molecular complexity index is 965. The third kappa shape index (κ3) is 4.40. The molecule has 1 aliphatic heterocycles. The standard InChI is InChI=1S/C20H23N5O2S2/c1-2-25-19(17-7-4-12-28-17)21-22-20(25)29-14-18(27)24-10-8-23(9-11-24)15-5-3-6-16(26)13-15/h3-7,12-13,26H,2,8-11,14H2,1H3. The van der Waals surface area contributed by atoms with E-state index in [1.807, 2.05) is 34.5 Å². The van der Waals surface area contributed by atoms with Crippen molar-refractivity contribution in [3.05, 3.63) is 41.8 Å². The second kappa shape index (κ2) is 8.87. The van der Waals surface area contributed by atoms with Gasteiger partial charge in [0.1, 0.15) is 5.75 Å². The molecular weight excluding hydrogens is 406 g/mol. The quantitative estimate of drug-likeness (QED) is 0.607. The number of piperazine rings is 1. The second-order valence-corrected chi connectivity index (χ2v) is 8.59. The van der Waals surface area contributed by atoms with Crippen LogP contribution in [-0.4, -0.2) is 62.6 Å². The molecule has 29 heavy (non-hydrogen) atoms. The lowest BCUT2D eigenvalue weighted by atomic mass is 10.2. The Kier molecular flexibility index (Phi) is 6.05. The highest BCUT2D eigenvalue weighted by molar-refractivity contribution is 7.99. The molecule has 0 unspecified atom stereocenters. The summed E-state index contributed by atoms with van der Waals surface area (Å²) < 4.78 is 2.06. The van der Waals surface area contributed by atoms with Gasteiger partial charge in [-0.1, -0.05) is 23.9 Å². The van der Waals surface area contributed by atoms with E-state index in [9.17, 15) is 9.90 Å². The highest BCUT2D eigenvalue weighted by Gasteiger charge is 2.22. The van der Waals surface area contributed by atoms with E-state index in [1.54, 1.807) is 23.5 Å². The Morgan fingerprint density at radius 2 is 2.00 bits per heavy atom. The predicted molar refractivity (Wildman–Crippen MR) is 117 cm³/mol. The monoisotopic (exact) mass is 429 g/mol. The molecule has 1 fully saturated rings. The fraction of sp³-hybridized carbons (Fsp3) is 0.350. The van der Waals surface area contributed by atoms with Gasteiger partial charge in [-0.3, -0.25) is 4.79 Å². The molecule has 3 aromatic rings. The molecule has 1 aromatic carbocycles. The predicted octanol–water partition coefficient (Wildman–Crippen LogP) is 3.17. The number of anilines is 1. The van der Waals surface area contributed by atoms with Gasteiger partial charge in [-0.2, -0.15) is 0 Å². The molecule has 1 aliphatic rings. The molecule has 0 bridgehead atoms. The molecule has 2 aromatic heterocycles. The zero-order valence-corrected chi connectivity index (χ0v) is 17.8. The van der Waals surface area contributed by atoms with Crippen LogP contribution in [0.1, 0.15) is 6.92 Å². The summed E-state index contributed by atoms with van der Waals surface area (Å²) in [6, 6.07) is 11.3. The molecule has 0 radical (unpaired) electrons. The van der Waals surface area contributed by atoms with Crippen molar-refractivity contribution in [2.45, 2.75) is 18.6 Å². The molecule has 1 saturated heterocycles. The average molecular weight is 430 g/mol. The summed E-state index contributed by atoms with van der Waals surface area (Å²) in [5.41, 5.74) is 0.989. The summed E-state index contributed by atoms with van der Waals surface area (Å²) in [7, 11) is 0. The van der Waals surface area contributed by atoms with Crippen LogP contribution in [0.25, 0.3) is 10.7 Å². The van der Waals surface area contributed by atoms with Gasteiger partial charge in [-0.05, 0) is 30.5 Å². The molecule has 152 valence electrons. The van der Waals surface area contributed by atoms with Crippen LogP contribution in [0.15, 0.2) is 46.9 Å². The van der Waals surface area contributed by atoms with Crippen molar-refractivity contribution in [1.82, 2.24) is 19.7 Å². The summed E-state index contributed by atoms with van der Waals surface area (Å²) in [5, 5.41) is 21.1. The Morgan fingerprint density at radius 3 is 2.69 bits per heavy atom. The maximum atomic E-state index is 12.7. The minimum Gasteiger partial charge on any atom is -0.508 e. The lowest BCUT2D eigenvalue weighted by molar-refractivity contribution is -0.128. The number of carbonyl (C=O) groups is 1. The number of phenols is 1. The average Bonchev–Trinajstić information content (AvgIpc) is 3.41. The van der Waals surface area contributed by atoms with Gasteiger partial charge < -0.3 is 19.5 Å². The molecule has 1 amide bonds. The first-order valence-corrected chi connectivity index (χ1v) is 11.4. The molecule has 0 saturated carbocycles. The van der Waals surface area contributed by atoms with E-state index < -0.39 is 0 Å². The molecule has 7 nitrogen and oxygen atoms in total. The maximum absolute atomic E-state index is 12.7. The number of benzene rings is 1. The summed E-state index contributed by atoms with van der Waals surface area (Å²) in [5.74, 6) is 1.60. The van der Waals surface area contributed by atoms with E-state index in [-0.39, 0.29) is 11.7 Å². The van der Waals surface area contributed by atoms with E-state index in [2.05, 4.69) is 26.6 Å². The van der Waals surface area contributed by atoms with Crippen molar-refractivity contribution in [3.63, 3.8) is 0 Å². The number of aromatic nitrogens is 3. The summed E-state index contributed by atoms with van der Waals surface area (Å²) in [6.07, 6.45) is 0. The van der Waals surface area contributed by atoms with Gasteiger partial charge in [-0.25, -0.2) is 0 Å². The summed E-state index contributed by atoms with van der Waals surface area (Å²) >= 11 is 3.08. The number of nitrogens with zero attached hydrogens (tertiary/aromatic N) is 5. The Labute approximate surface area is 178 Å². The molecule has 1 N–H and O–H groups in total. The number of amides is 1. The normalized spacial score (nSPS) is 14.4. The number of thioether (sulfide) groups is 1. The van der Waals surface area contributed by atoms with Crippen LogP contribution >= 0.6 is 23.1 Å². The van der Waals surface area contributed by atoms with Crippen molar-refractivity contribution >= 4 is 34.7 Å². The number of hydrogen-bond acceptors (Lipinski definition) is 7. The SMILES string of the molecule is CCn1c(SCC(=O)N2CCN(c3cccc(O)c3)CC2)nnc1-c1cccs1. The highest BCUT2D eigenvalue weighted by Crippen LogP contribution is 2.27. The Morgan fingerprint density at radius 1 is 1.17 bits per heavy atom. The topological polar surface area (TPSA) is 74.5 Å². The van der Waals surface area contributed by atoms with Gasteiger partial charge >= 0.3 is 0 Å². The van der Waals surface area contributed by atoms with Crippen molar-refractivity contribution in [2.24, 2.45) is 0 Å². The molecule has 4 rings (SSSR count). The van der Waals surface area contributed by atoms with Crippen LogP contribution in [0.5, 0.6) is 5.75 Å². The molecule has 3 heterocycles. The molecular formula is C20H23N5O2S2. The van der Waals surface area contributed by atoms with Gasteiger partial charge in [-0.15, -0.1) is 21.5 Å². The number of rotatable bonds is 6. The van der Waals surface area contributed by atoms with E-state index >= 15 is 0 Å². The Hall–Kier alpha value is -2.52. The highest BCUT2D eigenvalue weighted by atomic mass is 32.2. The largest absolute Gasteiger partial charge is 0.508 e. The zero-order chi connectivity index (χ0) is 20.2. The molecule has 0 spiro atoms. The van der Waals surface area contributed by atoms with Gasteiger partial charge in [0.15, 0.2) is 11.0 Å². The second-order valence-electron chi connectivity index (χ2n) is 6.70. The van der Waals surface area contributed by atoms with Crippen LogP contribution in [-0.2, 0) is 11.3 Å². The zero-order valence-electron chi connectivity index (χ0n) is 16.2. The van der Waals surface area contributed by atoms with E-state index in [0.717, 1.165) is 41.2 Å². The fourth-order valence-electron chi connectivity index (χ4n) is 3.39. The number of hydrogen-bond donors (Lipinski definition) is 1. The fourth-order valence-corrected chi connectivity index (χ4v) is 5.01. The number of aromatic hydroxyl groups is 1. The number of thiophene rings is 1. The van der Waals surface area contributed by atoms with Gasteiger partial charge in [0.2, 0.25) is 5.91 Å². The van der Waals surface area contributed by atoms with Crippen molar-refractivity contribution < 1.29 is 9.90 Å². The first-order chi connectivity index (χ1) is 14.2. The minimum atomic E-state index is 0.119. The third-order valence-corrected chi connectivity index (χ3v) is 6.74. The van der Waals surface area contributed by atoms with Gasteiger partial charge in [0, 0.05) is 44.5 Å².